The molecule has 7 nitrogen and oxygen atoms in total. The Balaban J connectivity index is 1.70. The number of piperidine rings is 1. The first kappa shape index (κ1) is 21.3. The fourth-order valence-corrected chi connectivity index (χ4v) is 5.10. The highest BCUT2D eigenvalue weighted by atomic mass is 32.2. The Morgan fingerprint density at radius 1 is 1.27 bits per heavy atom. The third-order valence-corrected chi connectivity index (χ3v) is 7.03. The van der Waals surface area contributed by atoms with E-state index in [9.17, 15) is 13.6 Å². The summed E-state index contributed by atoms with van der Waals surface area (Å²) < 4.78 is 34.1. The Morgan fingerprint density at radius 2 is 2.03 bits per heavy atom. The fraction of sp³-hybridized carbons (Fsp3) is 0.650. The van der Waals surface area contributed by atoms with Crippen molar-refractivity contribution >= 4 is 28.9 Å². The van der Waals surface area contributed by atoms with Gasteiger partial charge in [-0.2, -0.15) is 13.8 Å². The zero-order valence-electron chi connectivity index (χ0n) is 17.2. The maximum atomic E-state index is 13.0. The van der Waals surface area contributed by atoms with E-state index in [1.54, 1.807) is 22.7 Å². The summed E-state index contributed by atoms with van der Waals surface area (Å²) >= 11 is 1.75. The maximum Gasteiger partial charge on any atom is 0.387 e. The van der Waals surface area contributed by atoms with Gasteiger partial charge in [0.1, 0.15) is 5.65 Å². The van der Waals surface area contributed by atoms with E-state index in [-0.39, 0.29) is 23.8 Å². The Morgan fingerprint density at radius 3 is 2.67 bits per heavy atom. The summed E-state index contributed by atoms with van der Waals surface area (Å²) in [6, 6.07) is 1.49. The largest absolute Gasteiger partial charge is 0.429 e. The Kier molecular flexibility index (Phi) is 6.43. The van der Waals surface area contributed by atoms with Crippen LogP contribution < -0.4 is 15.6 Å². The summed E-state index contributed by atoms with van der Waals surface area (Å²) in [7, 11) is 0. The molecular formula is C20H27F2N5O2S. The van der Waals surface area contributed by atoms with Crippen molar-refractivity contribution in [1.82, 2.24) is 18.8 Å². The van der Waals surface area contributed by atoms with Crippen LogP contribution in [0.2, 0.25) is 0 Å². The molecule has 1 N–H and O–H groups in total. The van der Waals surface area contributed by atoms with E-state index in [0.717, 1.165) is 45.2 Å². The van der Waals surface area contributed by atoms with Crippen LogP contribution in [0.4, 0.5) is 14.7 Å². The molecule has 4 rings (SSSR count). The minimum atomic E-state index is -3.06. The molecule has 2 unspecified atom stereocenters. The van der Waals surface area contributed by atoms with Gasteiger partial charge in [-0.15, -0.1) is 0 Å². The number of hydrogen-bond donors (Lipinski definition) is 1. The number of pyridine rings is 1. The van der Waals surface area contributed by atoms with Crippen molar-refractivity contribution in [1.29, 1.82) is 0 Å². The number of rotatable bonds is 6. The molecule has 1 aliphatic heterocycles. The number of hydrogen-bond acceptors (Lipinski definition) is 7. The maximum absolute atomic E-state index is 13.0. The first-order valence-electron chi connectivity index (χ1n) is 10.4. The molecule has 0 spiro atoms. The second kappa shape index (κ2) is 9.05. The number of fused-ring (bicyclic) bond motifs is 1. The lowest BCUT2D eigenvalue weighted by Crippen LogP contribution is -2.36. The van der Waals surface area contributed by atoms with Gasteiger partial charge in [0.2, 0.25) is 5.95 Å². The van der Waals surface area contributed by atoms with Gasteiger partial charge < -0.3 is 10.1 Å². The van der Waals surface area contributed by atoms with Crippen molar-refractivity contribution in [2.75, 3.05) is 24.7 Å². The molecule has 2 aliphatic rings. The van der Waals surface area contributed by atoms with Crippen molar-refractivity contribution in [3.05, 3.63) is 22.6 Å². The van der Waals surface area contributed by atoms with E-state index >= 15 is 0 Å². The number of halogens is 2. The lowest BCUT2D eigenvalue weighted by molar-refractivity contribution is -0.0510. The predicted octanol–water partition coefficient (Wildman–Crippen LogP) is 3.91. The molecule has 3 heterocycles. The fourth-order valence-electron chi connectivity index (χ4n) is 4.53. The Bertz CT molecular complexity index is 949. The normalized spacial score (nSPS) is 23.4. The summed E-state index contributed by atoms with van der Waals surface area (Å²) in [6.07, 6.45) is 8.41. The predicted molar refractivity (Wildman–Crippen MR) is 114 cm³/mol. The highest BCUT2D eigenvalue weighted by molar-refractivity contribution is 7.96. The van der Waals surface area contributed by atoms with E-state index in [2.05, 4.69) is 37.5 Å². The zero-order valence-corrected chi connectivity index (χ0v) is 18.0. The summed E-state index contributed by atoms with van der Waals surface area (Å²) in [4.78, 5) is 22.1. The average Bonchev–Trinajstić information content (AvgIpc) is 3.14. The molecule has 2 fully saturated rings. The van der Waals surface area contributed by atoms with Crippen LogP contribution in [0.5, 0.6) is 5.75 Å². The van der Waals surface area contributed by atoms with Crippen molar-refractivity contribution in [2.24, 2.45) is 5.92 Å². The number of aromatic nitrogens is 3. The van der Waals surface area contributed by atoms with E-state index in [1.165, 1.54) is 6.07 Å². The third kappa shape index (κ3) is 4.39. The SMILES string of the molecule is CSN1CCC(Nc2ncc3cc(OC(F)F)c(=O)n(C4CCCC4C)c3n2)CC1. The van der Waals surface area contributed by atoms with Crippen LogP contribution in [0.15, 0.2) is 17.1 Å². The second-order valence-electron chi connectivity index (χ2n) is 8.04. The molecule has 2 atom stereocenters. The van der Waals surface area contributed by atoms with Gasteiger partial charge in [0, 0.05) is 36.8 Å². The number of anilines is 1. The highest BCUT2D eigenvalue weighted by Gasteiger charge is 2.29. The molecule has 10 heteroatoms. The van der Waals surface area contributed by atoms with Crippen molar-refractivity contribution in [3.63, 3.8) is 0 Å². The molecule has 0 amide bonds. The van der Waals surface area contributed by atoms with Gasteiger partial charge in [-0.25, -0.2) is 4.98 Å². The molecule has 0 aromatic carbocycles. The number of nitrogens with zero attached hydrogens (tertiary/aromatic N) is 4. The molecule has 2 aromatic rings. The minimum absolute atomic E-state index is 0.0891. The van der Waals surface area contributed by atoms with E-state index in [0.29, 0.717) is 17.0 Å². The van der Waals surface area contributed by atoms with Crippen LogP contribution in [0, 0.1) is 5.92 Å². The lowest BCUT2D eigenvalue weighted by Gasteiger charge is -2.30. The molecule has 2 aromatic heterocycles. The Hall–Kier alpha value is -1.94. The zero-order chi connectivity index (χ0) is 21.3. The van der Waals surface area contributed by atoms with Crippen molar-refractivity contribution < 1.29 is 13.5 Å². The number of alkyl halides is 2. The molecule has 1 aliphatic carbocycles. The van der Waals surface area contributed by atoms with Crippen LogP contribution in [0.3, 0.4) is 0 Å². The standard InChI is InChI=1S/C20H27F2N5O2S/c1-12-4-3-5-15(12)27-17-13(10-16(18(27)28)29-19(21)22)11-23-20(25-17)24-14-6-8-26(30-2)9-7-14/h10-12,14-15,19H,3-9H2,1-2H3,(H,23,24,25). The number of ether oxygens (including phenoxy) is 1. The summed E-state index contributed by atoms with van der Waals surface area (Å²) in [5, 5.41) is 3.91. The van der Waals surface area contributed by atoms with E-state index < -0.39 is 12.2 Å². The van der Waals surface area contributed by atoms with Gasteiger partial charge in [-0.05, 0) is 43.9 Å². The van der Waals surface area contributed by atoms with E-state index in [4.69, 9.17) is 0 Å². The quantitative estimate of drug-likeness (QED) is 0.684. The van der Waals surface area contributed by atoms with Gasteiger partial charge in [0.25, 0.3) is 5.56 Å². The summed E-state index contributed by atoms with van der Waals surface area (Å²) in [5.41, 5.74) is -0.0844. The molecule has 1 saturated carbocycles. The summed E-state index contributed by atoms with van der Waals surface area (Å²) in [6.45, 7) is 1.01. The van der Waals surface area contributed by atoms with E-state index in [1.807, 2.05) is 0 Å². The van der Waals surface area contributed by atoms with Crippen LogP contribution in [-0.4, -0.2) is 50.8 Å². The smallest absolute Gasteiger partial charge is 0.387 e. The van der Waals surface area contributed by atoms with Crippen LogP contribution in [0.1, 0.15) is 45.1 Å². The van der Waals surface area contributed by atoms with Crippen molar-refractivity contribution in [2.45, 2.75) is 57.7 Å². The van der Waals surface area contributed by atoms with Crippen LogP contribution in [-0.2, 0) is 0 Å². The summed E-state index contributed by atoms with van der Waals surface area (Å²) in [5.74, 6) is 0.367. The number of nitrogens with one attached hydrogen (secondary N) is 1. The first-order valence-corrected chi connectivity index (χ1v) is 11.6. The Labute approximate surface area is 178 Å². The molecule has 1 saturated heterocycles. The topological polar surface area (TPSA) is 72.3 Å². The molecular weight excluding hydrogens is 412 g/mol. The van der Waals surface area contributed by atoms with Gasteiger partial charge in [0.05, 0.1) is 0 Å². The van der Waals surface area contributed by atoms with Gasteiger partial charge in [-0.3, -0.25) is 13.7 Å². The van der Waals surface area contributed by atoms with Crippen molar-refractivity contribution in [3.8, 4) is 5.75 Å². The minimum Gasteiger partial charge on any atom is -0.429 e. The molecule has 0 bridgehead atoms. The average molecular weight is 440 g/mol. The lowest BCUT2D eigenvalue weighted by atomic mass is 10.1. The monoisotopic (exact) mass is 439 g/mol. The molecule has 0 radical (unpaired) electrons. The second-order valence-corrected chi connectivity index (χ2v) is 8.92. The van der Waals surface area contributed by atoms with Crippen LogP contribution >= 0.6 is 11.9 Å². The van der Waals surface area contributed by atoms with Gasteiger partial charge >= 0.3 is 6.61 Å². The van der Waals surface area contributed by atoms with Crippen LogP contribution in [0.25, 0.3) is 11.0 Å². The van der Waals surface area contributed by atoms with Gasteiger partial charge in [-0.1, -0.05) is 25.3 Å². The van der Waals surface area contributed by atoms with Gasteiger partial charge in [0.15, 0.2) is 5.75 Å². The third-order valence-electron chi connectivity index (χ3n) is 6.15. The first-order chi connectivity index (χ1) is 14.5. The molecule has 164 valence electrons. The highest BCUT2D eigenvalue weighted by Crippen LogP contribution is 2.36. The molecule has 30 heavy (non-hydrogen) atoms.